The second kappa shape index (κ2) is 6.70. The van der Waals surface area contributed by atoms with Crippen LogP contribution in [0.3, 0.4) is 0 Å². The standard InChI is InChI=1S/C18H19N3O3/c1-12-2-9-17(23)21(10-12)11-16(22)19-14-5-3-13(4-6-14)18(24)20-15-7-8-15/h2-6,9-10,15H,7-8,11H2,1H3,(H,19,22)(H,20,24). The highest BCUT2D eigenvalue weighted by Crippen LogP contribution is 2.19. The lowest BCUT2D eigenvalue weighted by atomic mass is 10.2. The van der Waals surface area contributed by atoms with Crippen LogP contribution < -0.4 is 16.2 Å². The normalized spacial score (nSPS) is 13.4. The van der Waals surface area contributed by atoms with Crippen molar-refractivity contribution in [3.8, 4) is 0 Å². The maximum atomic E-state index is 12.1. The van der Waals surface area contributed by atoms with Crippen LogP contribution in [-0.4, -0.2) is 22.4 Å². The number of benzene rings is 1. The molecule has 6 nitrogen and oxygen atoms in total. The molecule has 1 fully saturated rings. The van der Waals surface area contributed by atoms with Crippen LogP contribution in [0.15, 0.2) is 47.4 Å². The van der Waals surface area contributed by atoms with Crippen molar-refractivity contribution >= 4 is 17.5 Å². The van der Waals surface area contributed by atoms with E-state index in [1.54, 1.807) is 36.5 Å². The fourth-order valence-corrected chi connectivity index (χ4v) is 2.33. The first kappa shape index (κ1) is 16.0. The largest absolute Gasteiger partial charge is 0.349 e. The van der Waals surface area contributed by atoms with Crippen LogP contribution in [-0.2, 0) is 11.3 Å². The van der Waals surface area contributed by atoms with E-state index in [9.17, 15) is 14.4 Å². The van der Waals surface area contributed by atoms with Crippen LogP contribution in [0.25, 0.3) is 0 Å². The molecule has 0 bridgehead atoms. The van der Waals surface area contributed by atoms with Gasteiger partial charge in [-0.3, -0.25) is 14.4 Å². The average Bonchev–Trinajstić information content (AvgIpc) is 3.35. The number of hydrogen-bond donors (Lipinski definition) is 2. The third kappa shape index (κ3) is 4.10. The lowest BCUT2D eigenvalue weighted by molar-refractivity contribution is -0.116. The number of carbonyl (C=O) groups is 2. The van der Waals surface area contributed by atoms with Crippen molar-refractivity contribution in [2.75, 3.05) is 5.32 Å². The zero-order valence-corrected chi connectivity index (χ0v) is 13.4. The number of amides is 2. The Morgan fingerprint density at radius 2 is 1.83 bits per heavy atom. The molecular formula is C18H19N3O3. The van der Waals surface area contributed by atoms with Crippen LogP contribution in [0.4, 0.5) is 5.69 Å². The molecular weight excluding hydrogens is 306 g/mol. The van der Waals surface area contributed by atoms with E-state index in [0.29, 0.717) is 17.3 Å². The minimum absolute atomic E-state index is 0.0512. The number of aryl methyl sites for hydroxylation is 1. The molecule has 3 rings (SSSR count). The average molecular weight is 325 g/mol. The number of anilines is 1. The van der Waals surface area contributed by atoms with Crippen molar-refractivity contribution in [2.45, 2.75) is 32.4 Å². The lowest BCUT2D eigenvalue weighted by Crippen LogP contribution is -2.27. The number of pyridine rings is 1. The summed E-state index contributed by atoms with van der Waals surface area (Å²) in [7, 11) is 0. The highest BCUT2D eigenvalue weighted by Gasteiger charge is 2.23. The molecule has 124 valence electrons. The van der Waals surface area contributed by atoms with Gasteiger partial charge in [0.2, 0.25) is 5.91 Å². The van der Waals surface area contributed by atoms with Gasteiger partial charge in [-0.05, 0) is 49.6 Å². The van der Waals surface area contributed by atoms with Crippen molar-refractivity contribution in [2.24, 2.45) is 0 Å². The fraction of sp³-hybridized carbons (Fsp3) is 0.278. The molecule has 0 radical (unpaired) electrons. The quantitative estimate of drug-likeness (QED) is 0.878. The molecule has 0 atom stereocenters. The summed E-state index contributed by atoms with van der Waals surface area (Å²) < 4.78 is 1.36. The predicted molar refractivity (Wildman–Crippen MR) is 91.0 cm³/mol. The smallest absolute Gasteiger partial charge is 0.251 e. The summed E-state index contributed by atoms with van der Waals surface area (Å²) in [6, 6.07) is 10.2. The van der Waals surface area contributed by atoms with E-state index >= 15 is 0 Å². The van der Waals surface area contributed by atoms with Gasteiger partial charge in [-0.25, -0.2) is 0 Å². The van der Waals surface area contributed by atoms with Crippen LogP contribution in [0.5, 0.6) is 0 Å². The molecule has 0 aliphatic heterocycles. The van der Waals surface area contributed by atoms with Crippen molar-refractivity contribution in [1.29, 1.82) is 0 Å². The molecule has 1 aliphatic carbocycles. The Labute approximate surface area is 139 Å². The van der Waals surface area contributed by atoms with Gasteiger partial charge in [-0.2, -0.15) is 0 Å². The maximum Gasteiger partial charge on any atom is 0.251 e. The molecule has 1 aromatic carbocycles. The summed E-state index contributed by atoms with van der Waals surface area (Å²) in [6.07, 6.45) is 3.73. The van der Waals surface area contributed by atoms with Gasteiger partial charge in [-0.1, -0.05) is 6.07 Å². The molecule has 24 heavy (non-hydrogen) atoms. The van der Waals surface area contributed by atoms with Crippen LogP contribution in [0, 0.1) is 6.92 Å². The second-order valence-corrected chi connectivity index (χ2v) is 6.05. The van der Waals surface area contributed by atoms with E-state index in [2.05, 4.69) is 10.6 Å². The molecule has 1 aromatic heterocycles. The number of hydrogen-bond acceptors (Lipinski definition) is 3. The van der Waals surface area contributed by atoms with E-state index in [-0.39, 0.29) is 23.9 Å². The van der Waals surface area contributed by atoms with Crippen LogP contribution >= 0.6 is 0 Å². The van der Waals surface area contributed by atoms with Crippen molar-refractivity contribution in [3.05, 3.63) is 64.1 Å². The Morgan fingerprint density at radius 3 is 2.50 bits per heavy atom. The van der Waals surface area contributed by atoms with E-state index < -0.39 is 0 Å². The van der Waals surface area contributed by atoms with Crippen molar-refractivity contribution < 1.29 is 9.59 Å². The predicted octanol–water partition coefficient (Wildman–Crippen LogP) is 1.69. The second-order valence-electron chi connectivity index (χ2n) is 6.05. The molecule has 1 saturated carbocycles. The van der Waals surface area contributed by atoms with E-state index in [1.165, 1.54) is 10.6 Å². The minimum atomic E-state index is -0.294. The molecule has 1 heterocycles. The van der Waals surface area contributed by atoms with Gasteiger partial charge in [0.05, 0.1) is 0 Å². The van der Waals surface area contributed by atoms with Gasteiger partial charge < -0.3 is 15.2 Å². The highest BCUT2D eigenvalue weighted by molar-refractivity contribution is 5.96. The Morgan fingerprint density at radius 1 is 1.12 bits per heavy atom. The molecule has 2 N–H and O–H groups in total. The Balaban J connectivity index is 1.60. The number of nitrogens with zero attached hydrogens (tertiary/aromatic N) is 1. The number of rotatable bonds is 5. The van der Waals surface area contributed by atoms with Gasteiger partial charge >= 0.3 is 0 Å². The first-order chi connectivity index (χ1) is 11.5. The number of aromatic nitrogens is 1. The lowest BCUT2D eigenvalue weighted by Gasteiger charge is -2.09. The summed E-state index contributed by atoms with van der Waals surface area (Å²) in [4.78, 5) is 35.7. The van der Waals surface area contributed by atoms with Crippen LogP contribution in [0.2, 0.25) is 0 Å². The fourth-order valence-electron chi connectivity index (χ4n) is 2.33. The Hall–Kier alpha value is -2.89. The first-order valence-electron chi connectivity index (χ1n) is 7.89. The third-order valence-electron chi connectivity index (χ3n) is 3.79. The van der Waals surface area contributed by atoms with Gasteiger partial charge in [-0.15, -0.1) is 0 Å². The topological polar surface area (TPSA) is 80.2 Å². The molecule has 0 saturated heterocycles. The first-order valence-corrected chi connectivity index (χ1v) is 7.89. The summed E-state index contributed by atoms with van der Waals surface area (Å²) in [5.74, 6) is -0.389. The highest BCUT2D eigenvalue weighted by atomic mass is 16.2. The zero-order valence-electron chi connectivity index (χ0n) is 13.4. The van der Waals surface area contributed by atoms with Crippen LogP contribution in [0.1, 0.15) is 28.8 Å². The number of carbonyl (C=O) groups excluding carboxylic acids is 2. The van der Waals surface area contributed by atoms with Gasteiger partial charge in [0.15, 0.2) is 0 Å². The van der Waals surface area contributed by atoms with Crippen molar-refractivity contribution in [3.63, 3.8) is 0 Å². The molecule has 6 heteroatoms. The number of nitrogens with one attached hydrogen (secondary N) is 2. The third-order valence-corrected chi connectivity index (χ3v) is 3.79. The van der Waals surface area contributed by atoms with Crippen molar-refractivity contribution in [1.82, 2.24) is 9.88 Å². The SMILES string of the molecule is Cc1ccc(=O)n(CC(=O)Nc2ccc(C(=O)NC3CC3)cc2)c1. The summed E-state index contributed by atoms with van der Waals surface area (Å²) >= 11 is 0. The zero-order chi connectivity index (χ0) is 17.1. The molecule has 2 aromatic rings. The summed E-state index contributed by atoms with van der Waals surface area (Å²) in [5.41, 5.74) is 1.84. The summed E-state index contributed by atoms with van der Waals surface area (Å²) in [5, 5.41) is 5.64. The van der Waals surface area contributed by atoms with Gasteiger partial charge in [0.25, 0.3) is 11.5 Å². The van der Waals surface area contributed by atoms with E-state index in [0.717, 1.165) is 18.4 Å². The Kier molecular flexibility index (Phi) is 4.46. The maximum absolute atomic E-state index is 12.1. The van der Waals surface area contributed by atoms with Gasteiger partial charge in [0.1, 0.15) is 6.54 Å². The molecule has 1 aliphatic rings. The molecule has 2 amide bonds. The monoisotopic (exact) mass is 325 g/mol. The summed E-state index contributed by atoms with van der Waals surface area (Å²) in [6.45, 7) is 1.81. The van der Waals surface area contributed by atoms with E-state index in [4.69, 9.17) is 0 Å². The van der Waals surface area contributed by atoms with E-state index in [1.807, 2.05) is 6.92 Å². The Bertz CT molecular complexity index is 820. The molecule has 0 unspecified atom stereocenters. The van der Waals surface area contributed by atoms with Gasteiger partial charge in [0, 0.05) is 29.6 Å². The molecule has 0 spiro atoms. The minimum Gasteiger partial charge on any atom is -0.349 e.